The quantitative estimate of drug-likeness (QED) is 0.823. The van der Waals surface area contributed by atoms with Gasteiger partial charge in [-0.25, -0.2) is 17.1 Å². The Morgan fingerprint density at radius 2 is 1.73 bits per heavy atom. The Hall–Kier alpha value is -1.47. The second-order valence-corrected chi connectivity index (χ2v) is 10.1. The SMILES string of the molecule is O=C(NCC1CCN(S(=O)(=O)C2CC2)CC1)C1(c2ccc(F)cc2)CC1. The summed E-state index contributed by atoms with van der Waals surface area (Å²) in [6, 6.07) is 6.20. The molecule has 2 aliphatic carbocycles. The zero-order valence-corrected chi connectivity index (χ0v) is 15.6. The molecule has 0 atom stereocenters. The average Bonchev–Trinajstić information content (AvgIpc) is 3.53. The minimum Gasteiger partial charge on any atom is -0.355 e. The second-order valence-electron chi connectivity index (χ2n) is 7.89. The Morgan fingerprint density at radius 1 is 1.12 bits per heavy atom. The van der Waals surface area contributed by atoms with Crippen molar-refractivity contribution in [1.29, 1.82) is 0 Å². The maximum Gasteiger partial charge on any atom is 0.230 e. The fourth-order valence-electron chi connectivity index (χ4n) is 3.89. The number of sulfonamides is 1. The summed E-state index contributed by atoms with van der Waals surface area (Å²) in [7, 11) is -3.08. The predicted octanol–water partition coefficient (Wildman–Crippen LogP) is 2.18. The van der Waals surface area contributed by atoms with Crippen LogP contribution in [0, 0.1) is 11.7 Å². The molecule has 1 heterocycles. The van der Waals surface area contributed by atoms with Gasteiger partial charge in [-0.15, -0.1) is 0 Å². The fourth-order valence-corrected chi connectivity index (χ4v) is 5.76. The largest absolute Gasteiger partial charge is 0.355 e. The third kappa shape index (κ3) is 3.39. The minimum atomic E-state index is -3.08. The Labute approximate surface area is 154 Å². The molecule has 3 aliphatic rings. The molecule has 142 valence electrons. The van der Waals surface area contributed by atoms with Crippen molar-refractivity contribution in [2.45, 2.75) is 49.2 Å². The lowest BCUT2D eigenvalue weighted by molar-refractivity contribution is -0.123. The molecule has 2 saturated carbocycles. The molecule has 7 heteroatoms. The number of hydrogen-bond donors (Lipinski definition) is 1. The normalized spacial score (nSPS) is 23.6. The lowest BCUT2D eigenvalue weighted by Crippen LogP contribution is -2.44. The highest BCUT2D eigenvalue weighted by molar-refractivity contribution is 7.90. The van der Waals surface area contributed by atoms with Gasteiger partial charge < -0.3 is 5.32 Å². The first-order valence-electron chi connectivity index (χ1n) is 9.45. The van der Waals surface area contributed by atoms with E-state index in [1.807, 2.05) is 0 Å². The third-order valence-electron chi connectivity index (χ3n) is 6.01. The van der Waals surface area contributed by atoms with Gasteiger partial charge in [-0.3, -0.25) is 4.79 Å². The van der Waals surface area contributed by atoms with Crippen LogP contribution in [-0.4, -0.2) is 43.5 Å². The molecule has 0 radical (unpaired) electrons. The summed E-state index contributed by atoms with van der Waals surface area (Å²) < 4.78 is 39.3. The van der Waals surface area contributed by atoms with Gasteiger partial charge in [-0.2, -0.15) is 0 Å². The lowest BCUT2D eigenvalue weighted by atomic mass is 9.93. The molecule has 1 N–H and O–H groups in total. The minimum absolute atomic E-state index is 0.0112. The van der Waals surface area contributed by atoms with Crippen molar-refractivity contribution < 1.29 is 17.6 Å². The van der Waals surface area contributed by atoms with Crippen LogP contribution in [-0.2, 0) is 20.2 Å². The average molecular weight is 380 g/mol. The third-order valence-corrected chi connectivity index (χ3v) is 8.41. The summed E-state index contributed by atoms with van der Waals surface area (Å²) in [5.74, 6) is 0.0311. The van der Waals surface area contributed by atoms with Crippen molar-refractivity contribution in [3.8, 4) is 0 Å². The molecule has 1 aromatic rings. The molecular formula is C19H25FN2O3S. The summed E-state index contributed by atoms with van der Waals surface area (Å²) in [5.41, 5.74) is 0.380. The monoisotopic (exact) mass is 380 g/mol. The first kappa shape index (κ1) is 17.9. The lowest BCUT2D eigenvalue weighted by Gasteiger charge is -2.31. The summed E-state index contributed by atoms with van der Waals surface area (Å²) in [6.45, 7) is 1.70. The van der Waals surface area contributed by atoms with Gasteiger partial charge in [-0.05, 0) is 62.1 Å². The Kier molecular flexibility index (Phi) is 4.55. The molecule has 1 aromatic carbocycles. The number of hydrogen-bond acceptors (Lipinski definition) is 3. The second kappa shape index (κ2) is 6.60. The maximum atomic E-state index is 13.1. The van der Waals surface area contributed by atoms with Crippen molar-refractivity contribution in [3.63, 3.8) is 0 Å². The first-order valence-corrected chi connectivity index (χ1v) is 11.0. The highest BCUT2D eigenvalue weighted by atomic mass is 32.2. The van der Waals surface area contributed by atoms with Crippen molar-refractivity contribution in [1.82, 2.24) is 9.62 Å². The smallest absolute Gasteiger partial charge is 0.230 e. The predicted molar refractivity (Wildman–Crippen MR) is 96.6 cm³/mol. The first-order chi connectivity index (χ1) is 12.4. The van der Waals surface area contributed by atoms with E-state index in [9.17, 15) is 17.6 Å². The molecule has 0 bridgehead atoms. The topological polar surface area (TPSA) is 66.5 Å². The van der Waals surface area contributed by atoms with E-state index in [4.69, 9.17) is 0 Å². The number of carbonyl (C=O) groups excluding carboxylic acids is 1. The van der Waals surface area contributed by atoms with Crippen molar-refractivity contribution >= 4 is 15.9 Å². The number of piperidine rings is 1. The number of nitrogens with zero attached hydrogens (tertiary/aromatic N) is 1. The molecule has 1 amide bonds. The van der Waals surface area contributed by atoms with Crippen LogP contribution in [0.15, 0.2) is 24.3 Å². The van der Waals surface area contributed by atoms with E-state index in [1.165, 1.54) is 12.1 Å². The molecular weight excluding hydrogens is 355 g/mol. The van der Waals surface area contributed by atoms with Crippen LogP contribution in [0.1, 0.15) is 44.1 Å². The summed E-state index contributed by atoms with van der Waals surface area (Å²) in [4.78, 5) is 12.7. The van der Waals surface area contributed by atoms with Crippen LogP contribution >= 0.6 is 0 Å². The van der Waals surface area contributed by atoms with Crippen molar-refractivity contribution in [2.75, 3.05) is 19.6 Å². The highest BCUT2D eigenvalue weighted by Gasteiger charge is 2.51. The van der Waals surface area contributed by atoms with Crippen LogP contribution in [0.2, 0.25) is 0 Å². The summed E-state index contributed by atoms with van der Waals surface area (Å²) in [5, 5.41) is 2.91. The molecule has 5 nitrogen and oxygen atoms in total. The van der Waals surface area contributed by atoms with Gasteiger partial charge in [0.2, 0.25) is 15.9 Å². The van der Waals surface area contributed by atoms with Gasteiger partial charge in [-0.1, -0.05) is 12.1 Å². The van der Waals surface area contributed by atoms with E-state index in [0.29, 0.717) is 25.6 Å². The van der Waals surface area contributed by atoms with E-state index in [-0.39, 0.29) is 17.0 Å². The number of halogens is 1. The molecule has 4 rings (SSSR count). The molecule has 0 aromatic heterocycles. The van der Waals surface area contributed by atoms with E-state index < -0.39 is 15.4 Å². The van der Waals surface area contributed by atoms with Gasteiger partial charge in [0, 0.05) is 19.6 Å². The van der Waals surface area contributed by atoms with Crippen LogP contribution in [0.5, 0.6) is 0 Å². The number of rotatable bonds is 6. The van der Waals surface area contributed by atoms with E-state index >= 15 is 0 Å². The molecule has 1 aliphatic heterocycles. The standard InChI is InChI=1S/C19H25FN2O3S/c20-16-3-1-15(2-4-16)19(9-10-19)18(23)21-13-14-7-11-22(12-8-14)26(24,25)17-5-6-17/h1-4,14,17H,5-13H2,(H,21,23). The molecule has 0 unspecified atom stereocenters. The number of nitrogens with one attached hydrogen (secondary N) is 1. The number of carbonyl (C=O) groups is 1. The van der Waals surface area contributed by atoms with Gasteiger partial charge in [0.15, 0.2) is 0 Å². The zero-order chi connectivity index (χ0) is 18.4. The van der Waals surface area contributed by atoms with Crippen molar-refractivity contribution in [2.24, 2.45) is 5.92 Å². The number of amides is 1. The van der Waals surface area contributed by atoms with Crippen LogP contribution < -0.4 is 5.32 Å². The van der Waals surface area contributed by atoms with Gasteiger partial charge >= 0.3 is 0 Å². The van der Waals surface area contributed by atoms with E-state index in [1.54, 1.807) is 16.4 Å². The van der Waals surface area contributed by atoms with Crippen LogP contribution in [0.3, 0.4) is 0 Å². The summed E-state index contributed by atoms with van der Waals surface area (Å²) in [6.07, 6.45) is 4.75. The number of benzene rings is 1. The van der Waals surface area contributed by atoms with E-state index in [0.717, 1.165) is 44.1 Å². The highest BCUT2D eigenvalue weighted by Crippen LogP contribution is 2.48. The Balaban J connectivity index is 1.28. The zero-order valence-electron chi connectivity index (χ0n) is 14.8. The van der Waals surface area contributed by atoms with Gasteiger partial charge in [0.25, 0.3) is 0 Å². The molecule has 3 fully saturated rings. The fraction of sp³-hybridized carbons (Fsp3) is 0.632. The van der Waals surface area contributed by atoms with Crippen LogP contribution in [0.25, 0.3) is 0 Å². The van der Waals surface area contributed by atoms with E-state index in [2.05, 4.69) is 5.32 Å². The van der Waals surface area contributed by atoms with Gasteiger partial charge in [0.05, 0.1) is 10.7 Å². The summed E-state index contributed by atoms with van der Waals surface area (Å²) >= 11 is 0. The van der Waals surface area contributed by atoms with Gasteiger partial charge in [0.1, 0.15) is 5.82 Å². The molecule has 26 heavy (non-hydrogen) atoms. The van der Waals surface area contributed by atoms with Crippen molar-refractivity contribution in [3.05, 3.63) is 35.6 Å². The Morgan fingerprint density at radius 3 is 2.27 bits per heavy atom. The van der Waals surface area contributed by atoms with Crippen LogP contribution in [0.4, 0.5) is 4.39 Å². The molecule has 1 saturated heterocycles. The Bertz CT molecular complexity index is 778. The maximum absolute atomic E-state index is 13.1. The molecule has 0 spiro atoms.